The van der Waals surface area contributed by atoms with Gasteiger partial charge in [-0.1, -0.05) is 18.6 Å². The second-order valence-corrected chi connectivity index (χ2v) is 7.30. The van der Waals surface area contributed by atoms with Crippen molar-refractivity contribution in [2.24, 2.45) is 0 Å². The molecule has 0 aromatic heterocycles. The first-order chi connectivity index (χ1) is 10.4. The average Bonchev–Trinajstić information content (AvgIpc) is 2.55. The van der Waals surface area contributed by atoms with Gasteiger partial charge in [-0.2, -0.15) is 4.31 Å². The molecule has 0 atom stereocenters. The molecule has 0 aliphatic carbocycles. The van der Waals surface area contributed by atoms with E-state index in [-0.39, 0.29) is 17.2 Å². The maximum Gasteiger partial charge on any atom is 0.250 e. The van der Waals surface area contributed by atoms with E-state index in [1.54, 1.807) is 24.3 Å². The Bertz CT molecular complexity index is 607. The number of piperidine rings is 1. The van der Waals surface area contributed by atoms with Crippen LogP contribution in [0.1, 0.15) is 24.8 Å². The number of rotatable bonds is 5. The van der Waals surface area contributed by atoms with E-state index in [0.29, 0.717) is 13.1 Å². The molecular formula is C15H22N2O4S. The largest absolute Gasteiger partial charge is 0.275 e. The van der Waals surface area contributed by atoms with Crippen LogP contribution in [0.4, 0.5) is 0 Å². The molecule has 1 heterocycles. The average molecular weight is 326 g/mol. The van der Waals surface area contributed by atoms with Gasteiger partial charge in [0, 0.05) is 20.1 Å². The van der Waals surface area contributed by atoms with Crippen molar-refractivity contribution in [3.8, 4) is 0 Å². The summed E-state index contributed by atoms with van der Waals surface area (Å²) in [4.78, 5) is 16.9. The molecule has 1 aromatic rings. The minimum Gasteiger partial charge on any atom is -0.275 e. The van der Waals surface area contributed by atoms with Crippen LogP contribution in [-0.4, -0.2) is 50.9 Å². The van der Waals surface area contributed by atoms with Crippen molar-refractivity contribution in [3.63, 3.8) is 0 Å². The molecule has 0 bridgehead atoms. The molecular weight excluding hydrogens is 304 g/mol. The van der Waals surface area contributed by atoms with Crippen molar-refractivity contribution < 1.29 is 18.0 Å². The van der Waals surface area contributed by atoms with Gasteiger partial charge in [0.2, 0.25) is 15.9 Å². The van der Waals surface area contributed by atoms with Crippen LogP contribution in [0.5, 0.6) is 0 Å². The van der Waals surface area contributed by atoms with Gasteiger partial charge in [0.05, 0.1) is 18.4 Å². The smallest absolute Gasteiger partial charge is 0.250 e. The molecule has 1 fully saturated rings. The Morgan fingerprint density at radius 2 is 1.77 bits per heavy atom. The van der Waals surface area contributed by atoms with Gasteiger partial charge in [0.1, 0.15) is 0 Å². The van der Waals surface area contributed by atoms with E-state index >= 15 is 0 Å². The van der Waals surface area contributed by atoms with Crippen LogP contribution >= 0.6 is 0 Å². The van der Waals surface area contributed by atoms with Crippen LogP contribution in [0.2, 0.25) is 0 Å². The number of benzene rings is 1. The van der Waals surface area contributed by atoms with E-state index in [0.717, 1.165) is 29.9 Å². The number of carbonyl (C=O) groups is 1. The summed E-state index contributed by atoms with van der Waals surface area (Å²) >= 11 is 0. The summed E-state index contributed by atoms with van der Waals surface area (Å²) in [5.41, 5.74) is 0.756. The molecule has 0 saturated carbocycles. The second-order valence-electron chi connectivity index (χ2n) is 5.36. The number of hydroxylamine groups is 2. The molecule has 7 heteroatoms. The molecule has 1 amide bonds. The molecule has 0 spiro atoms. The van der Waals surface area contributed by atoms with Crippen molar-refractivity contribution in [2.75, 3.05) is 27.2 Å². The summed E-state index contributed by atoms with van der Waals surface area (Å²) in [5, 5.41) is 1.15. The zero-order chi connectivity index (χ0) is 16.2. The highest BCUT2D eigenvalue weighted by Gasteiger charge is 2.25. The Morgan fingerprint density at radius 3 is 2.32 bits per heavy atom. The Hall–Kier alpha value is -1.44. The van der Waals surface area contributed by atoms with E-state index in [1.165, 1.54) is 18.5 Å². The summed E-state index contributed by atoms with van der Waals surface area (Å²) in [5.74, 6) is -0.186. The quantitative estimate of drug-likeness (QED) is 0.768. The fraction of sp³-hybridized carbons (Fsp3) is 0.533. The summed E-state index contributed by atoms with van der Waals surface area (Å²) < 4.78 is 26.5. The van der Waals surface area contributed by atoms with Crippen LogP contribution < -0.4 is 0 Å². The predicted molar refractivity (Wildman–Crippen MR) is 82.5 cm³/mol. The van der Waals surface area contributed by atoms with E-state index in [9.17, 15) is 13.2 Å². The van der Waals surface area contributed by atoms with Gasteiger partial charge in [-0.3, -0.25) is 9.63 Å². The van der Waals surface area contributed by atoms with E-state index in [2.05, 4.69) is 0 Å². The number of amides is 1. The lowest BCUT2D eigenvalue weighted by atomic mass is 10.1. The van der Waals surface area contributed by atoms with Crippen molar-refractivity contribution >= 4 is 15.9 Å². The van der Waals surface area contributed by atoms with Gasteiger partial charge in [-0.25, -0.2) is 13.5 Å². The number of sulfonamides is 1. The Labute approximate surface area is 131 Å². The van der Waals surface area contributed by atoms with Crippen LogP contribution in [0.3, 0.4) is 0 Å². The number of hydrogen-bond donors (Lipinski definition) is 0. The molecule has 0 radical (unpaired) electrons. The number of likely N-dealkylation sites (N-methyl/N-ethyl adjacent to an activating group) is 1. The van der Waals surface area contributed by atoms with Gasteiger partial charge < -0.3 is 0 Å². The molecule has 1 saturated heterocycles. The van der Waals surface area contributed by atoms with Crippen molar-refractivity contribution in [3.05, 3.63) is 29.8 Å². The standard InChI is InChI=1S/C15H22N2O4S/c1-16(21-2)15(18)12-13-6-8-14(9-7-13)22(19,20)17-10-4-3-5-11-17/h6-9H,3-5,10-12H2,1-2H3. The second kappa shape index (κ2) is 7.21. The number of hydrogen-bond acceptors (Lipinski definition) is 4. The van der Waals surface area contributed by atoms with Gasteiger partial charge in [-0.15, -0.1) is 0 Å². The first-order valence-electron chi connectivity index (χ1n) is 7.35. The van der Waals surface area contributed by atoms with Gasteiger partial charge in [0.15, 0.2) is 0 Å². The fourth-order valence-corrected chi connectivity index (χ4v) is 3.94. The molecule has 1 aliphatic heterocycles. The maximum absolute atomic E-state index is 12.5. The molecule has 2 rings (SSSR count). The normalized spacial score (nSPS) is 16.5. The molecule has 22 heavy (non-hydrogen) atoms. The van der Waals surface area contributed by atoms with Crippen LogP contribution in [0.25, 0.3) is 0 Å². The summed E-state index contributed by atoms with van der Waals surface area (Å²) in [6, 6.07) is 6.50. The van der Waals surface area contributed by atoms with E-state index in [4.69, 9.17) is 4.84 Å². The van der Waals surface area contributed by atoms with Crippen molar-refractivity contribution in [2.45, 2.75) is 30.6 Å². The summed E-state index contributed by atoms with van der Waals surface area (Å²) in [6.07, 6.45) is 3.08. The van der Waals surface area contributed by atoms with Crippen LogP contribution in [0.15, 0.2) is 29.2 Å². The van der Waals surface area contributed by atoms with Crippen molar-refractivity contribution in [1.82, 2.24) is 9.37 Å². The SMILES string of the molecule is CON(C)C(=O)Cc1ccc(S(=O)(=O)N2CCCCC2)cc1. The highest BCUT2D eigenvalue weighted by molar-refractivity contribution is 7.89. The number of nitrogens with zero attached hydrogens (tertiary/aromatic N) is 2. The molecule has 1 aliphatic rings. The van der Waals surface area contributed by atoms with Crippen molar-refractivity contribution in [1.29, 1.82) is 0 Å². The zero-order valence-corrected chi connectivity index (χ0v) is 13.8. The zero-order valence-electron chi connectivity index (χ0n) is 13.0. The monoisotopic (exact) mass is 326 g/mol. The third-order valence-electron chi connectivity index (χ3n) is 3.86. The lowest BCUT2D eigenvalue weighted by Crippen LogP contribution is -2.35. The lowest BCUT2D eigenvalue weighted by Gasteiger charge is -2.25. The molecule has 1 aromatic carbocycles. The highest BCUT2D eigenvalue weighted by Crippen LogP contribution is 2.21. The van der Waals surface area contributed by atoms with Gasteiger partial charge >= 0.3 is 0 Å². The van der Waals surface area contributed by atoms with Crippen LogP contribution in [-0.2, 0) is 26.1 Å². The Balaban J connectivity index is 2.09. The van der Waals surface area contributed by atoms with Crippen LogP contribution in [0, 0.1) is 0 Å². The molecule has 0 N–H and O–H groups in total. The lowest BCUT2D eigenvalue weighted by molar-refractivity contribution is -0.167. The topological polar surface area (TPSA) is 66.9 Å². The van der Waals surface area contributed by atoms with Gasteiger partial charge in [0.25, 0.3) is 0 Å². The Kier molecular flexibility index (Phi) is 5.55. The third-order valence-corrected chi connectivity index (χ3v) is 5.77. The summed E-state index contributed by atoms with van der Waals surface area (Å²) in [6.45, 7) is 1.17. The minimum atomic E-state index is -3.41. The fourth-order valence-electron chi connectivity index (χ4n) is 2.42. The van der Waals surface area contributed by atoms with E-state index < -0.39 is 10.0 Å². The molecule has 122 valence electrons. The first kappa shape index (κ1) is 16.9. The maximum atomic E-state index is 12.5. The first-order valence-corrected chi connectivity index (χ1v) is 8.79. The molecule has 6 nitrogen and oxygen atoms in total. The van der Waals surface area contributed by atoms with E-state index in [1.807, 2.05) is 0 Å². The summed E-state index contributed by atoms with van der Waals surface area (Å²) in [7, 11) is -0.453. The highest BCUT2D eigenvalue weighted by atomic mass is 32.2. The predicted octanol–water partition coefficient (Wildman–Crippen LogP) is 1.42. The Morgan fingerprint density at radius 1 is 1.18 bits per heavy atom. The molecule has 0 unspecified atom stereocenters. The minimum absolute atomic E-state index is 0.175. The van der Waals surface area contributed by atoms with Gasteiger partial charge in [-0.05, 0) is 30.5 Å². The third kappa shape index (κ3) is 3.85. The number of carbonyl (C=O) groups excluding carboxylic acids is 1.